The van der Waals surface area contributed by atoms with Crippen LogP contribution in [0.25, 0.3) is 22.0 Å². The molecule has 0 saturated heterocycles. The van der Waals surface area contributed by atoms with E-state index in [0.717, 1.165) is 12.5 Å². The zero-order valence-corrected chi connectivity index (χ0v) is 14.6. The van der Waals surface area contributed by atoms with E-state index in [4.69, 9.17) is 0 Å². The minimum absolute atomic E-state index is 0.175. The van der Waals surface area contributed by atoms with E-state index in [1.807, 2.05) is 18.2 Å². The molecule has 0 bridgehead atoms. The number of hydrogen-bond acceptors (Lipinski definition) is 2. The van der Waals surface area contributed by atoms with Crippen molar-refractivity contribution in [2.24, 2.45) is 0 Å². The van der Waals surface area contributed by atoms with Gasteiger partial charge in [-0.15, -0.1) is 0 Å². The number of rotatable bonds is 5. The van der Waals surface area contributed by atoms with E-state index in [0.29, 0.717) is 17.6 Å². The summed E-state index contributed by atoms with van der Waals surface area (Å²) in [5.74, 6) is -1.25. The van der Waals surface area contributed by atoms with Gasteiger partial charge in [0.05, 0.1) is 0 Å². The van der Waals surface area contributed by atoms with Crippen molar-refractivity contribution in [1.82, 2.24) is 4.98 Å². The lowest BCUT2D eigenvalue weighted by Crippen LogP contribution is -2.06. The summed E-state index contributed by atoms with van der Waals surface area (Å²) in [7, 11) is 0. The van der Waals surface area contributed by atoms with Gasteiger partial charge in [-0.1, -0.05) is 54.6 Å². The Balaban J connectivity index is 1.45. The molecule has 3 aromatic carbocycles. The maximum atomic E-state index is 13.9. The summed E-state index contributed by atoms with van der Waals surface area (Å²) in [4.78, 5) is 4.01. The van der Waals surface area contributed by atoms with Crippen molar-refractivity contribution < 1.29 is 8.78 Å². The number of pyridine rings is 1. The van der Waals surface area contributed by atoms with Crippen LogP contribution in [0.1, 0.15) is 5.56 Å². The molecule has 0 fully saturated rings. The fourth-order valence-corrected chi connectivity index (χ4v) is 3.17. The molecule has 0 amide bonds. The molecule has 134 valence electrons. The third-order valence-corrected chi connectivity index (χ3v) is 4.55. The van der Waals surface area contributed by atoms with E-state index in [-0.39, 0.29) is 5.52 Å². The Morgan fingerprint density at radius 1 is 0.815 bits per heavy atom. The molecule has 0 radical (unpaired) electrons. The average molecular weight is 360 g/mol. The van der Waals surface area contributed by atoms with Crippen LogP contribution in [0.2, 0.25) is 0 Å². The maximum absolute atomic E-state index is 13.9. The number of nitrogens with one attached hydrogen (secondary N) is 1. The van der Waals surface area contributed by atoms with E-state index in [1.165, 1.54) is 29.0 Å². The third kappa shape index (κ3) is 3.80. The first kappa shape index (κ1) is 17.2. The number of nitrogens with zero attached hydrogens (tertiary/aromatic N) is 1. The van der Waals surface area contributed by atoms with Gasteiger partial charge in [0.15, 0.2) is 5.82 Å². The van der Waals surface area contributed by atoms with Crippen molar-refractivity contribution in [3.8, 4) is 11.1 Å². The number of anilines is 1. The van der Waals surface area contributed by atoms with E-state index in [9.17, 15) is 8.78 Å². The van der Waals surface area contributed by atoms with Crippen LogP contribution < -0.4 is 5.32 Å². The molecule has 27 heavy (non-hydrogen) atoms. The smallest absolute Gasteiger partial charge is 0.152 e. The zero-order valence-electron chi connectivity index (χ0n) is 14.6. The zero-order chi connectivity index (χ0) is 18.6. The first-order chi connectivity index (χ1) is 13.2. The average Bonchev–Trinajstić information content (AvgIpc) is 2.70. The SMILES string of the molecule is Fc1cc(F)c2nccc(NCCc3ccc(-c4ccccc4)cc3)c2c1. The highest BCUT2D eigenvalue weighted by atomic mass is 19.1. The summed E-state index contributed by atoms with van der Waals surface area (Å²) in [5.41, 5.74) is 4.42. The summed E-state index contributed by atoms with van der Waals surface area (Å²) in [6.45, 7) is 0.655. The van der Waals surface area contributed by atoms with E-state index < -0.39 is 11.6 Å². The molecule has 0 atom stereocenters. The topological polar surface area (TPSA) is 24.9 Å². The fraction of sp³-hybridized carbons (Fsp3) is 0.0870. The van der Waals surface area contributed by atoms with Gasteiger partial charge in [-0.3, -0.25) is 4.98 Å². The summed E-state index contributed by atoms with van der Waals surface area (Å²) >= 11 is 0. The van der Waals surface area contributed by atoms with Gasteiger partial charge in [0.1, 0.15) is 11.3 Å². The monoisotopic (exact) mass is 360 g/mol. The molecule has 0 saturated carbocycles. The normalized spacial score (nSPS) is 10.9. The van der Waals surface area contributed by atoms with Crippen LogP contribution in [0, 0.1) is 11.6 Å². The summed E-state index contributed by atoms with van der Waals surface area (Å²) in [6.07, 6.45) is 2.33. The molecular formula is C23H18F2N2. The first-order valence-electron chi connectivity index (χ1n) is 8.83. The van der Waals surface area contributed by atoms with Gasteiger partial charge in [0.2, 0.25) is 0 Å². The molecule has 1 N–H and O–H groups in total. The fourth-order valence-electron chi connectivity index (χ4n) is 3.17. The highest BCUT2D eigenvalue weighted by molar-refractivity contribution is 5.91. The summed E-state index contributed by atoms with van der Waals surface area (Å²) in [5, 5.41) is 3.72. The van der Waals surface area contributed by atoms with Crippen molar-refractivity contribution >= 4 is 16.6 Å². The lowest BCUT2D eigenvalue weighted by atomic mass is 10.0. The van der Waals surface area contributed by atoms with Crippen LogP contribution in [0.3, 0.4) is 0 Å². The number of halogens is 2. The minimum Gasteiger partial charge on any atom is -0.384 e. The lowest BCUT2D eigenvalue weighted by Gasteiger charge is -2.10. The van der Waals surface area contributed by atoms with Crippen LogP contribution in [-0.2, 0) is 6.42 Å². The summed E-state index contributed by atoms with van der Waals surface area (Å²) < 4.78 is 27.4. The Hall–Kier alpha value is -3.27. The highest BCUT2D eigenvalue weighted by Gasteiger charge is 2.09. The van der Waals surface area contributed by atoms with Crippen LogP contribution >= 0.6 is 0 Å². The van der Waals surface area contributed by atoms with E-state index in [1.54, 1.807) is 6.07 Å². The van der Waals surface area contributed by atoms with Gasteiger partial charge in [0.25, 0.3) is 0 Å². The van der Waals surface area contributed by atoms with Gasteiger partial charge in [-0.05, 0) is 35.2 Å². The molecular weight excluding hydrogens is 342 g/mol. The second-order valence-electron chi connectivity index (χ2n) is 6.38. The Labute approximate surface area is 156 Å². The summed E-state index contributed by atoms with van der Waals surface area (Å²) in [6, 6.07) is 22.6. The Bertz CT molecular complexity index is 1060. The Kier molecular flexibility index (Phi) is 4.79. The Morgan fingerprint density at radius 2 is 1.56 bits per heavy atom. The molecule has 1 heterocycles. The molecule has 4 rings (SSSR count). The Morgan fingerprint density at radius 3 is 2.33 bits per heavy atom. The number of benzene rings is 3. The van der Waals surface area contributed by atoms with Crippen molar-refractivity contribution in [1.29, 1.82) is 0 Å². The molecule has 0 spiro atoms. The molecule has 4 aromatic rings. The molecule has 2 nitrogen and oxygen atoms in total. The van der Waals surface area contributed by atoms with Crippen LogP contribution in [0.15, 0.2) is 79.0 Å². The standard InChI is InChI=1S/C23H18F2N2/c24-19-14-20-22(11-13-27-23(20)21(25)15-19)26-12-10-16-6-8-18(9-7-16)17-4-2-1-3-5-17/h1-9,11,13-15H,10,12H2,(H,26,27). The van der Waals surface area contributed by atoms with Gasteiger partial charge in [-0.25, -0.2) is 8.78 Å². The van der Waals surface area contributed by atoms with E-state index in [2.05, 4.69) is 46.7 Å². The largest absolute Gasteiger partial charge is 0.384 e. The quantitative estimate of drug-likeness (QED) is 0.484. The van der Waals surface area contributed by atoms with Crippen molar-refractivity contribution in [2.75, 3.05) is 11.9 Å². The molecule has 0 aliphatic rings. The minimum atomic E-state index is -0.648. The van der Waals surface area contributed by atoms with Crippen LogP contribution in [-0.4, -0.2) is 11.5 Å². The van der Waals surface area contributed by atoms with Crippen molar-refractivity contribution in [3.05, 3.63) is 96.2 Å². The molecule has 0 unspecified atom stereocenters. The molecule has 4 heteroatoms. The maximum Gasteiger partial charge on any atom is 0.152 e. The second kappa shape index (κ2) is 7.54. The first-order valence-corrected chi connectivity index (χ1v) is 8.83. The predicted octanol–water partition coefficient (Wildman–Crippen LogP) is 5.83. The molecule has 1 aromatic heterocycles. The second-order valence-corrected chi connectivity index (χ2v) is 6.38. The number of hydrogen-bond donors (Lipinski definition) is 1. The van der Waals surface area contributed by atoms with Gasteiger partial charge in [-0.2, -0.15) is 0 Å². The highest BCUT2D eigenvalue weighted by Crippen LogP contribution is 2.25. The van der Waals surface area contributed by atoms with Crippen LogP contribution in [0.4, 0.5) is 14.5 Å². The molecule has 0 aliphatic heterocycles. The third-order valence-electron chi connectivity index (χ3n) is 4.55. The van der Waals surface area contributed by atoms with Crippen molar-refractivity contribution in [3.63, 3.8) is 0 Å². The number of aromatic nitrogens is 1. The lowest BCUT2D eigenvalue weighted by molar-refractivity contribution is 0.590. The number of fused-ring (bicyclic) bond motifs is 1. The van der Waals surface area contributed by atoms with Crippen LogP contribution in [0.5, 0.6) is 0 Å². The van der Waals surface area contributed by atoms with Crippen molar-refractivity contribution in [2.45, 2.75) is 6.42 Å². The van der Waals surface area contributed by atoms with E-state index >= 15 is 0 Å². The van der Waals surface area contributed by atoms with Gasteiger partial charge >= 0.3 is 0 Å². The predicted molar refractivity (Wildman–Crippen MR) is 106 cm³/mol. The molecule has 0 aliphatic carbocycles. The van der Waals surface area contributed by atoms with Gasteiger partial charge < -0.3 is 5.32 Å². The van der Waals surface area contributed by atoms with Gasteiger partial charge in [0, 0.05) is 29.9 Å².